The summed E-state index contributed by atoms with van der Waals surface area (Å²) in [5, 5.41) is 7.19. The minimum absolute atomic E-state index is 0.0315. The van der Waals surface area contributed by atoms with Gasteiger partial charge in [0, 0.05) is 23.0 Å². The van der Waals surface area contributed by atoms with Crippen LogP contribution in [0.5, 0.6) is 0 Å². The van der Waals surface area contributed by atoms with Crippen LogP contribution in [0.25, 0.3) is 0 Å². The first-order chi connectivity index (χ1) is 12.6. The van der Waals surface area contributed by atoms with E-state index in [1.165, 1.54) is 30.3 Å². The van der Waals surface area contributed by atoms with Gasteiger partial charge in [0.1, 0.15) is 0 Å². The number of anilines is 2. The molecule has 2 aromatic rings. The fourth-order valence-electron chi connectivity index (χ4n) is 2.16. The minimum Gasteiger partial charge on any atom is -0.336 e. The average molecular weight is 400 g/mol. The van der Waals surface area contributed by atoms with Crippen molar-refractivity contribution in [1.29, 1.82) is 0 Å². The first-order valence-electron chi connectivity index (χ1n) is 7.92. The molecule has 0 atom stereocenters. The van der Waals surface area contributed by atoms with Crippen molar-refractivity contribution in [3.8, 4) is 0 Å². The van der Waals surface area contributed by atoms with E-state index in [1.807, 2.05) is 13.8 Å². The standard InChI is InChI=1S/C18H17ClF3N3O2/c1-10(2)23-17(27)25-12-5-3-11(4-6-12)16(26)24-13-7-8-15(19)14(9-13)18(20,21)22/h3-10H,1-2H3,(H,24,26)(H2,23,25,27). The van der Waals surface area contributed by atoms with Crippen molar-refractivity contribution in [3.63, 3.8) is 0 Å². The largest absolute Gasteiger partial charge is 0.417 e. The number of hydrogen-bond acceptors (Lipinski definition) is 2. The Bertz CT molecular complexity index is 837. The second kappa shape index (κ2) is 8.30. The predicted octanol–water partition coefficient (Wildman–Crippen LogP) is 5.14. The number of rotatable bonds is 4. The van der Waals surface area contributed by atoms with Crippen LogP contribution in [0.1, 0.15) is 29.8 Å². The van der Waals surface area contributed by atoms with Gasteiger partial charge in [-0.1, -0.05) is 11.6 Å². The predicted molar refractivity (Wildman–Crippen MR) is 98.1 cm³/mol. The summed E-state index contributed by atoms with van der Waals surface area (Å²) in [6.07, 6.45) is -4.62. The summed E-state index contributed by atoms with van der Waals surface area (Å²) in [6.45, 7) is 3.63. The van der Waals surface area contributed by atoms with Crippen molar-refractivity contribution >= 4 is 34.9 Å². The zero-order chi connectivity index (χ0) is 20.2. The lowest BCUT2D eigenvalue weighted by Crippen LogP contribution is -2.34. The van der Waals surface area contributed by atoms with Crippen LogP contribution >= 0.6 is 11.6 Å². The molecule has 0 aromatic heterocycles. The maximum atomic E-state index is 12.9. The fourth-order valence-corrected chi connectivity index (χ4v) is 2.38. The number of benzene rings is 2. The van der Waals surface area contributed by atoms with Crippen LogP contribution in [0.3, 0.4) is 0 Å². The summed E-state index contributed by atoms with van der Waals surface area (Å²) in [5.41, 5.74) is -0.378. The molecule has 0 aliphatic rings. The van der Waals surface area contributed by atoms with E-state index in [0.29, 0.717) is 5.69 Å². The Morgan fingerprint density at radius 3 is 2.11 bits per heavy atom. The van der Waals surface area contributed by atoms with Crippen molar-refractivity contribution in [3.05, 3.63) is 58.6 Å². The molecule has 0 saturated heterocycles. The Morgan fingerprint density at radius 1 is 0.963 bits per heavy atom. The highest BCUT2D eigenvalue weighted by Gasteiger charge is 2.33. The molecule has 0 unspecified atom stereocenters. The van der Waals surface area contributed by atoms with Gasteiger partial charge >= 0.3 is 12.2 Å². The van der Waals surface area contributed by atoms with Crippen molar-refractivity contribution < 1.29 is 22.8 Å². The lowest BCUT2D eigenvalue weighted by molar-refractivity contribution is -0.137. The lowest BCUT2D eigenvalue weighted by atomic mass is 10.1. The Hall–Kier alpha value is -2.74. The number of hydrogen-bond donors (Lipinski definition) is 3. The number of halogens is 4. The molecule has 9 heteroatoms. The van der Waals surface area contributed by atoms with Gasteiger partial charge in [0.2, 0.25) is 0 Å². The van der Waals surface area contributed by atoms with E-state index in [0.717, 1.165) is 12.1 Å². The molecular weight excluding hydrogens is 383 g/mol. The molecule has 2 aromatic carbocycles. The van der Waals surface area contributed by atoms with Crippen molar-refractivity contribution in [2.24, 2.45) is 0 Å². The van der Waals surface area contributed by atoms with Crippen LogP contribution in [0, 0.1) is 0 Å². The average Bonchev–Trinajstić information content (AvgIpc) is 2.55. The molecule has 0 fully saturated rings. The van der Waals surface area contributed by atoms with E-state index in [2.05, 4.69) is 16.0 Å². The van der Waals surface area contributed by atoms with E-state index >= 15 is 0 Å². The molecular formula is C18H17ClF3N3O2. The molecule has 144 valence electrons. The lowest BCUT2D eigenvalue weighted by Gasteiger charge is -2.12. The molecule has 0 aliphatic carbocycles. The van der Waals surface area contributed by atoms with Gasteiger partial charge in [-0.15, -0.1) is 0 Å². The zero-order valence-corrected chi connectivity index (χ0v) is 15.2. The fraction of sp³-hybridized carbons (Fsp3) is 0.222. The highest BCUT2D eigenvalue weighted by atomic mass is 35.5. The highest BCUT2D eigenvalue weighted by Crippen LogP contribution is 2.36. The third-order valence-corrected chi connectivity index (χ3v) is 3.68. The van der Waals surface area contributed by atoms with Gasteiger partial charge in [-0.2, -0.15) is 13.2 Å². The summed E-state index contributed by atoms with van der Waals surface area (Å²) in [6, 6.07) is 8.62. The second-order valence-corrected chi connectivity index (χ2v) is 6.38. The van der Waals surface area contributed by atoms with E-state index in [9.17, 15) is 22.8 Å². The number of amides is 3. The molecule has 0 saturated carbocycles. The first kappa shape index (κ1) is 20.6. The van der Waals surface area contributed by atoms with E-state index < -0.39 is 22.7 Å². The molecule has 5 nitrogen and oxygen atoms in total. The molecule has 27 heavy (non-hydrogen) atoms. The number of urea groups is 1. The smallest absolute Gasteiger partial charge is 0.336 e. The minimum atomic E-state index is -4.62. The van der Waals surface area contributed by atoms with E-state index in [1.54, 1.807) is 0 Å². The summed E-state index contributed by atoms with van der Waals surface area (Å²) in [7, 11) is 0. The van der Waals surface area contributed by atoms with E-state index in [4.69, 9.17) is 11.6 Å². The summed E-state index contributed by atoms with van der Waals surface area (Å²) in [5.74, 6) is -0.594. The van der Waals surface area contributed by atoms with Crippen LogP contribution in [0.4, 0.5) is 29.3 Å². The SMILES string of the molecule is CC(C)NC(=O)Nc1ccc(C(=O)Nc2ccc(Cl)c(C(F)(F)F)c2)cc1. The van der Waals surface area contributed by atoms with Gasteiger partial charge in [0.15, 0.2) is 0 Å². The first-order valence-corrected chi connectivity index (χ1v) is 8.29. The van der Waals surface area contributed by atoms with Crippen molar-refractivity contribution in [2.45, 2.75) is 26.1 Å². The molecule has 0 spiro atoms. The summed E-state index contributed by atoms with van der Waals surface area (Å²) in [4.78, 5) is 23.8. The maximum Gasteiger partial charge on any atom is 0.417 e. The summed E-state index contributed by atoms with van der Waals surface area (Å²) < 4.78 is 38.6. The number of alkyl halides is 3. The molecule has 0 radical (unpaired) electrons. The van der Waals surface area contributed by atoms with Crippen LogP contribution in [-0.4, -0.2) is 18.0 Å². The third-order valence-electron chi connectivity index (χ3n) is 3.35. The molecule has 3 N–H and O–H groups in total. The Balaban J connectivity index is 2.07. The van der Waals surface area contributed by atoms with Gasteiger partial charge in [-0.3, -0.25) is 4.79 Å². The molecule has 2 rings (SSSR count). The molecule has 0 heterocycles. The van der Waals surface area contributed by atoms with Crippen LogP contribution in [0.2, 0.25) is 5.02 Å². The maximum absolute atomic E-state index is 12.9. The van der Waals surface area contributed by atoms with Gasteiger partial charge < -0.3 is 16.0 Å². The van der Waals surface area contributed by atoms with Crippen LogP contribution in [-0.2, 0) is 6.18 Å². The summed E-state index contributed by atoms with van der Waals surface area (Å²) >= 11 is 5.55. The third kappa shape index (κ3) is 5.89. The second-order valence-electron chi connectivity index (χ2n) is 5.98. The highest BCUT2D eigenvalue weighted by molar-refractivity contribution is 6.31. The Morgan fingerprint density at radius 2 is 1.56 bits per heavy atom. The quantitative estimate of drug-likeness (QED) is 0.666. The van der Waals surface area contributed by atoms with Crippen LogP contribution < -0.4 is 16.0 Å². The van der Waals surface area contributed by atoms with Crippen molar-refractivity contribution in [2.75, 3.05) is 10.6 Å². The van der Waals surface area contributed by atoms with Gasteiger partial charge in [-0.05, 0) is 56.3 Å². The zero-order valence-electron chi connectivity index (χ0n) is 14.4. The van der Waals surface area contributed by atoms with E-state index in [-0.39, 0.29) is 23.3 Å². The molecule has 0 aliphatic heterocycles. The molecule has 3 amide bonds. The number of nitrogens with one attached hydrogen (secondary N) is 3. The van der Waals surface area contributed by atoms with Gasteiger partial charge in [-0.25, -0.2) is 4.79 Å². The Kier molecular flexibility index (Phi) is 6.32. The van der Waals surface area contributed by atoms with Gasteiger partial charge in [0.25, 0.3) is 5.91 Å². The Labute approximate surface area is 158 Å². The topological polar surface area (TPSA) is 70.2 Å². The number of carbonyl (C=O) groups is 2. The molecule has 0 bridgehead atoms. The van der Waals surface area contributed by atoms with Crippen molar-refractivity contribution in [1.82, 2.24) is 5.32 Å². The number of carbonyl (C=O) groups excluding carboxylic acids is 2. The normalized spacial score (nSPS) is 11.2. The monoisotopic (exact) mass is 399 g/mol. The van der Waals surface area contributed by atoms with Crippen LogP contribution in [0.15, 0.2) is 42.5 Å². The van der Waals surface area contributed by atoms with Gasteiger partial charge in [0.05, 0.1) is 10.6 Å².